The summed E-state index contributed by atoms with van der Waals surface area (Å²) in [4.78, 5) is 0. The highest BCUT2D eigenvalue weighted by atomic mass is 127. The zero-order valence-electron chi connectivity index (χ0n) is 6.83. The maximum Gasteiger partial charge on any atom is 0.0419 e. The van der Waals surface area contributed by atoms with Crippen LogP contribution in [-0.4, -0.2) is 6.54 Å². The summed E-state index contributed by atoms with van der Waals surface area (Å²) in [6, 6.07) is 8.26. The molecular formula is C9H13IN2. The van der Waals surface area contributed by atoms with E-state index in [1.807, 2.05) is 12.1 Å². The lowest BCUT2D eigenvalue weighted by Crippen LogP contribution is -2.20. The minimum atomic E-state index is -0.0201. The Morgan fingerprint density at radius 2 is 1.83 bits per heavy atom. The largest absolute Gasteiger partial charge is 0.329 e. The Hall–Kier alpha value is -0.130. The molecule has 0 saturated carbocycles. The second-order valence-electron chi connectivity index (χ2n) is 2.72. The lowest BCUT2D eigenvalue weighted by Gasteiger charge is -2.08. The second kappa shape index (κ2) is 4.79. The molecule has 3 heteroatoms. The lowest BCUT2D eigenvalue weighted by molar-refractivity contribution is 0.737. The average molecular weight is 276 g/mol. The van der Waals surface area contributed by atoms with Gasteiger partial charge in [-0.2, -0.15) is 0 Å². The maximum atomic E-state index is 5.76. The number of hydrogen-bond acceptors (Lipinski definition) is 2. The molecule has 0 aliphatic heterocycles. The van der Waals surface area contributed by atoms with Gasteiger partial charge in [-0.15, -0.1) is 0 Å². The summed E-state index contributed by atoms with van der Waals surface area (Å²) in [7, 11) is 0. The van der Waals surface area contributed by atoms with Crippen LogP contribution in [-0.2, 0) is 4.43 Å². The average Bonchev–Trinajstić information content (AvgIpc) is 2.17. The fourth-order valence-electron chi connectivity index (χ4n) is 0.990. The summed E-state index contributed by atoms with van der Waals surface area (Å²) >= 11 is 2.34. The summed E-state index contributed by atoms with van der Waals surface area (Å²) < 4.78 is 1.04. The first-order valence-electron chi connectivity index (χ1n) is 3.88. The molecular weight excluding hydrogens is 263 g/mol. The van der Waals surface area contributed by atoms with Crippen molar-refractivity contribution in [1.29, 1.82) is 0 Å². The predicted molar refractivity (Wildman–Crippen MR) is 60.1 cm³/mol. The SMILES string of the molecule is NCC(N)c1ccc(CI)cc1. The minimum absolute atomic E-state index is 0.0201. The Morgan fingerprint density at radius 1 is 1.25 bits per heavy atom. The Kier molecular flexibility index (Phi) is 3.97. The van der Waals surface area contributed by atoms with Crippen LogP contribution in [0.3, 0.4) is 0 Å². The molecule has 0 radical (unpaired) electrons. The number of rotatable bonds is 3. The zero-order valence-corrected chi connectivity index (χ0v) is 8.99. The molecule has 1 aromatic carbocycles. The smallest absolute Gasteiger partial charge is 0.0419 e. The maximum absolute atomic E-state index is 5.76. The van der Waals surface area contributed by atoms with E-state index in [2.05, 4.69) is 34.7 Å². The molecule has 0 heterocycles. The van der Waals surface area contributed by atoms with Crippen LogP contribution in [0.15, 0.2) is 24.3 Å². The van der Waals surface area contributed by atoms with Crippen LogP contribution in [0.25, 0.3) is 0 Å². The van der Waals surface area contributed by atoms with Crippen molar-refractivity contribution in [3.63, 3.8) is 0 Å². The van der Waals surface area contributed by atoms with Crippen molar-refractivity contribution in [2.75, 3.05) is 6.54 Å². The third-order valence-corrected chi connectivity index (χ3v) is 2.70. The number of halogens is 1. The molecule has 1 aromatic rings. The highest BCUT2D eigenvalue weighted by molar-refractivity contribution is 14.1. The van der Waals surface area contributed by atoms with Gasteiger partial charge in [0.15, 0.2) is 0 Å². The van der Waals surface area contributed by atoms with Crippen LogP contribution >= 0.6 is 22.6 Å². The fourth-order valence-corrected chi connectivity index (χ4v) is 1.50. The molecule has 1 unspecified atom stereocenters. The highest BCUT2D eigenvalue weighted by Gasteiger charge is 2.01. The van der Waals surface area contributed by atoms with Crippen molar-refractivity contribution in [3.05, 3.63) is 35.4 Å². The summed E-state index contributed by atoms with van der Waals surface area (Å²) in [5.41, 5.74) is 13.6. The van der Waals surface area contributed by atoms with Crippen molar-refractivity contribution in [1.82, 2.24) is 0 Å². The molecule has 66 valence electrons. The number of benzene rings is 1. The van der Waals surface area contributed by atoms with E-state index in [1.165, 1.54) is 5.56 Å². The van der Waals surface area contributed by atoms with Crippen LogP contribution < -0.4 is 11.5 Å². The first-order valence-corrected chi connectivity index (χ1v) is 5.41. The standard InChI is InChI=1S/C9H13IN2/c10-5-7-1-3-8(4-2-7)9(12)6-11/h1-4,9H,5-6,11-12H2. The van der Waals surface area contributed by atoms with Gasteiger partial charge in [0.2, 0.25) is 0 Å². The summed E-state index contributed by atoms with van der Waals surface area (Å²) in [6.07, 6.45) is 0. The Balaban J connectivity index is 2.77. The fraction of sp³-hybridized carbons (Fsp3) is 0.333. The van der Waals surface area contributed by atoms with Gasteiger partial charge in [-0.05, 0) is 11.1 Å². The van der Waals surface area contributed by atoms with E-state index >= 15 is 0 Å². The zero-order chi connectivity index (χ0) is 8.97. The Labute approximate surface area is 86.5 Å². The molecule has 4 N–H and O–H groups in total. The first-order chi connectivity index (χ1) is 5.77. The van der Waals surface area contributed by atoms with Gasteiger partial charge in [0.1, 0.15) is 0 Å². The van der Waals surface area contributed by atoms with E-state index in [9.17, 15) is 0 Å². The van der Waals surface area contributed by atoms with Gasteiger partial charge in [-0.1, -0.05) is 46.9 Å². The van der Waals surface area contributed by atoms with E-state index in [4.69, 9.17) is 11.5 Å². The van der Waals surface area contributed by atoms with Gasteiger partial charge in [0.05, 0.1) is 0 Å². The molecule has 0 aliphatic rings. The van der Waals surface area contributed by atoms with Gasteiger partial charge >= 0.3 is 0 Å². The quantitative estimate of drug-likeness (QED) is 0.650. The van der Waals surface area contributed by atoms with E-state index in [0.717, 1.165) is 9.99 Å². The monoisotopic (exact) mass is 276 g/mol. The Morgan fingerprint density at radius 3 is 2.25 bits per heavy atom. The van der Waals surface area contributed by atoms with E-state index < -0.39 is 0 Å². The van der Waals surface area contributed by atoms with Crippen LogP contribution in [0, 0.1) is 0 Å². The molecule has 0 bridgehead atoms. The van der Waals surface area contributed by atoms with Gasteiger partial charge in [-0.25, -0.2) is 0 Å². The highest BCUT2D eigenvalue weighted by Crippen LogP contribution is 2.12. The van der Waals surface area contributed by atoms with Gasteiger partial charge in [0, 0.05) is 17.0 Å². The number of hydrogen-bond donors (Lipinski definition) is 2. The van der Waals surface area contributed by atoms with Gasteiger partial charge in [-0.3, -0.25) is 0 Å². The molecule has 0 aromatic heterocycles. The summed E-state index contributed by atoms with van der Waals surface area (Å²) in [5.74, 6) is 0. The Bertz CT molecular complexity index is 233. The third-order valence-electron chi connectivity index (χ3n) is 1.82. The molecule has 0 saturated heterocycles. The molecule has 0 fully saturated rings. The van der Waals surface area contributed by atoms with Crippen molar-refractivity contribution in [2.24, 2.45) is 11.5 Å². The van der Waals surface area contributed by atoms with Crippen molar-refractivity contribution in [3.8, 4) is 0 Å². The predicted octanol–water partition coefficient (Wildman–Crippen LogP) is 1.58. The number of alkyl halides is 1. The molecule has 2 nitrogen and oxygen atoms in total. The minimum Gasteiger partial charge on any atom is -0.329 e. The molecule has 0 aliphatic carbocycles. The second-order valence-corrected chi connectivity index (χ2v) is 3.48. The van der Waals surface area contributed by atoms with Crippen LogP contribution in [0.5, 0.6) is 0 Å². The van der Waals surface area contributed by atoms with Crippen LogP contribution in [0.2, 0.25) is 0 Å². The molecule has 1 rings (SSSR count). The van der Waals surface area contributed by atoms with E-state index in [1.54, 1.807) is 0 Å². The normalized spacial score (nSPS) is 12.9. The topological polar surface area (TPSA) is 52.0 Å². The number of nitrogens with two attached hydrogens (primary N) is 2. The molecule has 0 spiro atoms. The first kappa shape index (κ1) is 9.95. The van der Waals surface area contributed by atoms with Crippen molar-refractivity contribution >= 4 is 22.6 Å². The van der Waals surface area contributed by atoms with Crippen LogP contribution in [0.4, 0.5) is 0 Å². The molecule has 1 atom stereocenters. The van der Waals surface area contributed by atoms with Crippen molar-refractivity contribution in [2.45, 2.75) is 10.5 Å². The van der Waals surface area contributed by atoms with Gasteiger partial charge < -0.3 is 11.5 Å². The van der Waals surface area contributed by atoms with E-state index in [-0.39, 0.29) is 6.04 Å². The lowest BCUT2D eigenvalue weighted by atomic mass is 10.1. The molecule has 12 heavy (non-hydrogen) atoms. The molecule has 0 amide bonds. The van der Waals surface area contributed by atoms with Crippen LogP contribution in [0.1, 0.15) is 17.2 Å². The summed E-state index contributed by atoms with van der Waals surface area (Å²) in [5, 5.41) is 0. The summed E-state index contributed by atoms with van der Waals surface area (Å²) in [6.45, 7) is 0.504. The van der Waals surface area contributed by atoms with Crippen molar-refractivity contribution < 1.29 is 0 Å². The van der Waals surface area contributed by atoms with Gasteiger partial charge in [0.25, 0.3) is 0 Å². The third kappa shape index (κ3) is 2.43. The van der Waals surface area contributed by atoms with E-state index in [0.29, 0.717) is 6.54 Å².